The van der Waals surface area contributed by atoms with Crippen molar-refractivity contribution in [2.24, 2.45) is 0 Å². The third-order valence-corrected chi connectivity index (χ3v) is 5.18. The molecule has 0 bridgehead atoms. The number of hydrogen-bond donors (Lipinski definition) is 2. The molecule has 1 aromatic heterocycles. The lowest BCUT2D eigenvalue weighted by molar-refractivity contribution is -0.116. The summed E-state index contributed by atoms with van der Waals surface area (Å²) in [5, 5.41) is 10.5. The van der Waals surface area contributed by atoms with Crippen molar-refractivity contribution in [2.45, 2.75) is 39.5 Å². The number of anilines is 2. The summed E-state index contributed by atoms with van der Waals surface area (Å²) < 4.78 is 6.93. The van der Waals surface area contributed by atoms with Crippen molar-refractivity contribution in [3.63, 3.8) is 0 Å². The Balaban J connectivity index is 1.77. The van der Waals surface area contributed by atoms with Gasteiger partial charge in [-0.2, -0.15) is 5.10 Å². The maximum atomic E-state index is 13.0. The molecule has 34 heavy (non-hydrogen) atoms. The maximum absolute atomic E-state index is 13.0. The third kappa shape index (κ3) is 6.37. The van der Waals surface area contributed by atoms with Gasteiger partial charge in [-0.15, -0.1) is 0 Å². The number of aromatic nitrogens is 2. The molecular formula is C26H33N5O3. The topological polar surface area (TPSA) is 88.5 Å². The molecule has 3 aromatic rings. The monoisotopic (exact) mass is 463 g/mol. The molecule has 3 amide bonds. The molecular weight excluding hydrogens is 430 g/mol. The lowest BCUT2D eigenvalue weighted by Gasteiger charge is -2.22. The van der Waals surface area contributed by atoms with Gasteiger partial charge in [-0.25, -0.2) is 9.48 Å². The fraction of sp³-hybridized carbons (Fsp3) is 0.346. The first-order valence-corrected chi connectivity index (χ1v) is 11.4. The Bertz CT molecular complexity index is 1120. The summed E-state index contributed by atoms with van der Waals surface area (Å²) in [6.45, 7) is 8.53. The third-order valence-electron chi connectivity index (χ3n) is 5.18. The van der Waals surface area contributed by atoms with E-state index in [1.807, 2.05) is 43.3 Å². The van der Waals surface area contributed by atoms with Gasteiger partial charge >= 0.3 is 6.03 Å². The molecule has 180 valence electrons. The normalized spacial score (nSPS) is 11.1. The van der Waals surface area contributed by atoms with Gasteiger partial charge in [-0.05, 0) is 30.7 Å². The van der Waals surface area contributed by atoms with Crippen LogP contribution in [0.3, 0.4) is 0 Å². The standard InChI is InChI=1S/C26H33N5O3/c1-6-15-30(25(33)27-19-11-10-14-21(16-19)34-5)18-24(32)28-23-17-22(26(2,3)4)29-31(23)20-12-8-7-9-13-20/h7-14,16-17H,6,15,18H2,1-5H3,(H,27,33)(H,28,32). The van der Waals surface area contributed by atoms with Crippen LogP contribution in [0.1, 0.15) is 39.8 Å². The molecule has 0 saturated carbocycles. The highest BCUT2D eigenvalue weighted by molar-refractivity contribution is 5.96. The van der Waals surface area contributed by atoms with Crippen LogP contribution in [-0.2, 0) is 10.2 Å². The smallest absolute Gasteiger partial charge is 0.322 e. The quantitative estimate of drug-likeness (QED) is 0.489. The molecule has 0 atom stereocenters. The fourth-order valence-electron chi connectivity index (χ4n) is 3.38. The minimum atomic E-state index is -0.350. The van der Waals surface area contributed by atoms with E-state index in [9.17, 15) is 9.59 Å². The number of ether oxygens (including phenoxy) is 1. The summed E-state index contributed by atoms with van der Waals surface area (Å²) >= 11 is 0. The van der Waals surface area contributed by atoms with Crippen molar-refractivity contribution >= 4 is 23.4 Å². The van der Waals surface area contributed by atoms with E-state index in [1.54, 1.807) is 36.1 Å². The molecule has 1 heterocycles. The van der Waals surface area contributed by atoms with Crippen molar-refractivity contribution in [3.8, 4) is 11.4 Å². The molecule has 2 aromatic carbocycles. The van der Waals surface area contributed by atoms with E-state index in [1.165, 1.54) is 4.90 Å². The van der Waals surface area contributed by atoms with E-state index in [0.717, 1.165) is 17.8 Å². The van der Waals surface area contributed by atoms with E-state index >= 15 is 0 Å². The van der Waals surface area contributed by atoms with E-state index in [4.69, 9.17) is 9.84 Å². The number of para-hydroxylation sites is 1. The Kier molecular flexibility index (Phi) is 7.94. The summed E-state index contributed by atoms with van der Waals surface area (Å²) in [5.74, 6) is 0.902. The van der Waals surface area contributed by atoms with Crippen LogP contribution in [0.4, 0.5) is 16.3 Å². The Labute approximate surface area is 200 Å². The van der Waals surface area contributed by atoms with Crippen molar-refractivity contribution in [3.05, 3.63) is 66.4 Å². The highest BCUT2D eigenvalue weighted by atomic mass is 16.5. The molecule has 0 unspecified atom stereocenters. The second kappa shape index (κ2) is 10.9. The van der Waals surface area contributed by atoms with Gasteiger partial charge in [0, 0.05) is 29.8 Å². The zero-order valence-electron chi connectivity index (χ0n) is 20.5. The second-order valence-electron chi connectivity index (χ2n) is 9.04. The van der Waals surface area contributed by atoms with Gasteiger partial charge in [0.1, 0.15) is 18.1 Å². The highest BCUT2D eigenvalue weighted by Gasteiger charge is 2.23. The number of nitrogens with zero attached hydrogens (tertiary/aromatic N) is 3. The van der Waals surface area contributed by atoms with Crippen LogP contribution < -0.4 is 15.4 Å². The molecule has 0 aliphatic rings. The Morgan fingerprint density at radius 2 is 1.76 bits per heavy atom. The molecule has 3 rings (SSSR count). The first-order valence-electron chi connectivity index (χ1n) is 11.4. The number of hydrogen-bond acceptors (Lipinski definition) is 4. The number of benzene rings is 2. The first kappa shape index (κ1) is 24.8. The average Bonchev–Trinajstić information content (AvgIpc) is 3.23. The van der Waals surface area contributed by atoms with Crippen LogP contribution in [0.5, 0.6) is 5.75 Å². The van der Waals surface area contributed by atoms with Gasteiger partial charge in [0.15, 0.2) is 0 Å². The van der Waals surface area contributed by atoms with Crippen LogP contribution in [-0.4, -0.2) is 46.8 Å². The Hall–Kier alpha value is -3.81. The number of urea groups is 1. The summed E-state index contributed by atoms with van der Waals surface area (Å²) in [7, 11) is 1.57. The van der Waals surface area contributed by atoms with Crippen LogP contribution >= 0.6 is 0 Å². The lowest BCUT2D eigenvalue weighted by atomic mass is 9.92. The molecule has 0 fully saturated rings. The van der Waals surface area contributed by atoms with Crippen molar-refractivity contribution in [2.75, 3.05) is 30.8 Å². The molecule has 8 nitrogen and oxygen atoms in total. The van der Waals surface area contributed by atoms with Gasteiger partial charge in [-0.1, -0.05) is 52.0 Å². The van der Waals surface area contributed by atoms with Gasteiger partial charge in [0.25, 0.3) is 0 Å². The van der Waals surface area contributed by atoms with Crippen LogP contribution in [0, 0.1) is 0 Å². The number of carbonyl (C=O) groups is 2. The number of nitrogens with one attached hydrogen (secondary N) is 2. The predicted octanol–water partition coefficient (Wildman–Crippen LogP) is 5.06. The minimum Gasteiger partial charge on any atom is -0.497 e. The van der Waals surface area contributed by atoms with E-state index < -0.39 is 0 Å². The zero-order valence-corrected chi connectivity index (χ0v) is 20.5. The fourth-order valence-corrected chi connectivity index (χ4v) is 3.38. The SMILES string of the molecule is CCCN(CC(=O)Nc1cc(C(C)(C)C)nn1-c1ccccc1)C(=O)Nc1cccc(OC)c1. The molecule has 0 radical (unpaired) electrons. The largest absolute Gasteiger partial charge is 0.497 e. The molecule has 0 spiro atoms. The van der Waals surface area contributed by atoms with Crippen molar-refractivity contribution in [1.29, 1.82) is 0 Å². The van der Waals surface area contributed by atoms with E-state index in [2.05, 4.69) is 31.4 Å². The average molecular weight is 464 g/mol. The minimum absolute atomic E-state index is 0.0888. The Morgan fingerprint density at radius 1 is 1.03 bits per heavy atom. The van der Waals surface area contributed by atoms with Crippen LogP contribution in [0.2, 0.25) is 0 Å². The molecule has 0 saturated heterocycles. The lowest BCUT2D eigenvalue weighted by Crippen LogP contribution is -2.41. The zero-order chi connectivity index (χ0) is 24.7. The summed E-state index contributed by atoms with van der Waals surface area (Å²) in [5.41, 5.74) is 2.11. The number of carbonyl (C=O) groups excluding carboxylic acids is 2. The van der Waals surface area contributed by atoms with Crippen LogP contribution in [0.15, 0.2) is 60.7 Å². The van der Waals surface area contributed by atoms with Gasteiger partial charge in [-0.3, -0.25) is 4.79 Å². The van der Waals surface area contributed by atoms with Crippen molar-refractivity contribution < 1.29 is 14.3 Å². The number of methoxy groups -OCH3 is 1. The molecule has 2 N–H and O–H groups in total. The van der Waals surface area contributed by atoms with E-state index in [-0.39, 0.29) is 23.9 Å². The summed E-state index contributed by atoms with van der Waals surface area (Å²) in [4.78, 5) is 27.4. The summed E-state index contributed by atoms with van der Waals surface area (Å²) in [6, 6.07) is 18.3. The van der Waals surface area contributed by atoms with E-state index in [0.29, 0.717) is 23.8 Å². The maximum Gasteiger partial charge on any atom is 0.322 e. The first-order chi connectivity index (χ1) is 16.2. The van der Waals surface area contributed by atoms with Gasteiger partial charge in [0.2, 0.25) is 5.91 Å². The van der Waals surface area contributed by atoms with Crippen molar-refractivity contribution in [1.82, 2.24) is 14.7 Å². The molecule has 0 aliphatic carbocycles. The van der Waals surface area contributed by atoms with Gasteiger partial charge in [0.05, 0.1) is 18.5 Å². The number of rotatable bonds is 8. The second-order valence-corrected chi connectivity index (χ2v) is 9.04. The predicted molar refractivity (Wildman–Crippen MR) is 135 cm³/mol. The molecule has 8 heteroatoms. The highest BCUT2D eigenvalue weighted by Crippen LogP contribution is 2.26. The number of amides is 3. The summed E-state index contributed by atoms with van der Waals surface area (Å²) in [6.07, 6.45) is 0.717. The Morgan fingerprint density at radius 3 is 2.41 bits per heavy atom. The van der Waals surface area contributed by atoms with Gasteiger partial charge < -0.3 is 20.3 Å². The molecule has 0 aliphatic heterocycles. The van der Waals surface area contributed by atoms with Crippen LogP contribution in [0.25, 0.3) is 5.69 Å².